The van der Waals surface area contributed by atoms with Crippen LogP contribution in [-0.4, -0.2) is 31.1 Å². The quantitative estimate of drug-likeness (QED) is 0.694. The Hall–Kier alpha value is -0.610. The van der Waals surface area contributed by atoms with E-state index in [0.717, 1.165) is 25.9 Å². The first kappa shape index (κ1) is 12.8. The van der Waals surface area contributed by atoms with Crippen molar-refractivity contribution in [3.8, 4) is 0 Å². The smallest absolute Gasteiger partial charge is 0.309 e. The predicted octanol–water partition coefficient (Wildman–Crippen LogP) is 2.26. The van der Waals surface area contributed by atoms with Crippen molar-refractivity contribution in [1.82, 2.24) is 0 Å². The summed E-state index contributed by atoms with van der Waals surface area (Å²) in [7, 11) is 0. The third kappa shape index (κ3) is 3.68. The normalized spacial score (nSPS) is 32.5. The molecule has 0 aromatic rings. The van der Waals surface area contributed by atoms with Gasteiger partial charge in [0.1, 0.15) is 6.10 Å². The minimum absolute atomic E-state index is 0.0325. The molecule has 2 aliphatic heterocycles. The second-order valence-corrected chi connectivity index (χ2v) is 5.19. The maximum absolute atomic E-state index is 10.7. The summed E-state index contributed by atoms with van der Waals surface area (Å²) in [6, 6.07) is 0. The average molecular weight is 242 g/mol. The molecule has 2 heterocycles. The Bertz CT molecular complexity index is 252. The van der Waals surface area contributed by atoms with Gasteiger partial charge in [0.2, 0.25) is 0 Å². The van der Waals surface area contributed by atoms with Crippen LogP contribution in [0.2, 0.25) is 0 Å². The summed E-state index contributed by atoms with van der Waals surface area (Å²) in [5.74, 6) is 0.289. The minimum Gasteiger partial charge on any atom is -0.461 e. The van der Waals surface area contributed by atoms with Crippen molar-refractivity contribution >= 4 is 5.97 Å². The number of cyclic esters (lactones) is 1. The molecule has 0 aromatic heterocycles. The van der Waals surface area contributed by atoms with Gasteiger partial charge in [-0.05, 0) is 38.5 Å². The molecule has 2 fully saturated rings. The van der Waals surface area contributed by atoms with Gasteiger partial charge in [-0.25, -0.2) is 0 Å². The number of hydrogen-bond acceptors (Lipinski definition) is 4. The molecule has 0 amide bonds. The lowest BCUT2D eigenvalue weighted by Crippen LogP contribution is -2.39. The Labute approximate surface area is 103 Å². The number of esters is 1. The number of rotatable bonds is 5. The van der Waals surface area contributed by atoms with Crippen molar-refractivity contribution in [1.29, 1.82) is 0 Å². The lowest BCUT2D eigenvalue weighted by Gasteiger charge is -2.33. The van der Waals surface area contributed by atoms with Gasteiger partial charge >= 0.3 is 5.97 Å². The highest BCUT2D eigenvalue weighted by Crippen LogP contribution is 2.26. The highest BCUT2D eigenvalue weighted by molar-refractivity contribution is 5.75. The van der Waals surface area contributed by atoms with E-state index in [-0.39, 0.29) is 24.5 Å². The highest BCUT2D eigenvalue weighted by Gasteiger charge is 2.34. The molecule has 0 radical (unpaired) electrons. The van der Waals surface area contributed by atoms with Crippen LogP contribution in [0.4, 0.5) is 0 Å². The first-order valence-electron chi connectivity index (χ1n) is 6.61. The van der Waals surface area contributed by atoms with Gasteiger partial charge in [-0.15, -0.1) is 0 Å². The van der Waals surface area contributed by atoms with Crippen LogP contribution in [0.15, 0.2) is 0 Å². The molecule has 0 N–H and O–H groups in total. The molecule has 4 atom stereocenters. The molecule has 2 aliphatic rings. The first-order chi connectivity index (χ1) is 8.15. The van der Waals surface area contributed by atoms with E-state index in [1.165, 1.54) is 6.42 Å². The molecule has 98 valence electrons. The van der Waals surface area contributed by atoms with E-state index >= 15 is 0 Å². The largest absolute Gasteiger partial charge is 0.461 e. The van der Waals surface area contributed by atoms with Crippen LogP contribution in [0.3, 0.4) is 0 Å². The van der Waals surface area contributed by atoms with Crippen LogP contribution in [0.1, 0.15) is 46.0 Å². The Kier molecular flexibility index (Phi) is 4.40. The molecular formula is C13H22O4. The Morgan fingerprint density at radius 2 is 2.18 bits per heavy atom. The van der Waals surface area contributed by atoms with Crippen molar-refractivity contribution < 1.29 is 19.0 Å². The zero-order chi connectivity index (χ0) is 12.3. The fraction of sp³-hybridized carbons (Fsp3) is 0.923. The zero-order valence-electron chi connectivity index (χ0n) is 10.7. The monoisotopic (exact) mass is 242 g/mol. The van der Waals surface area contributed by atoms with E-state index in [1.807, 2.05) is 0 Å². The highest BCUT2D eigenvalue weighted by atomic mass is 16.7. The van der Waals surface area contributed by atoms with E-state index in [0.29, 0.717) is 12.3 Å². The molecular weight excluding hydrogens is 220 g/mol. The minimum atomic E-state index is -0.0777. The molecule has 3 unspecified atom stereocenters. The molecule has 4 nitrogen and oxygen atoms in total. The van der Waals surface area contributed by atoms with E-state index in [2.05, 4.69) is 13.8 Å². The fourth-order valence-corrected chi connectivity index (χ4v) is 2.45. The van der Waals surface area contributed by atoms with E-state index in [9.17, 15) is 4.79 Å². The Balaban J connectivity index is 1.65. The van der Waals surface area contributed by atoms with E-state index in [1.54, 1.807) is 0 Å². The molecule has 17 heavy (non-hydrogen) atoms. The van der Waals surface area contributed by atoms with Crippen molar-refractivity contribution in [2.24, 2.45) is 5.92 Å². The zero-order valence-corrected chi connectivity index (χ0v) is 10.7. The summed E-state index contributed by atoms with van der Waals surface area (Å²) in [5, 5.41) is 0. The van der Waals surface area contributed by atoms with Crippen LogP contribution >= 0.6 is 0 Å². The number of carbonyl (C=O) groups excluding carboxylic acids is 1. The molecule has 0 spiro atoms. The van der Waals surface area contributed by atoms with Gasteiger partial charge in [-0.2, -0.15) is 0 Å². The molecule has 4 heteroatoms. The predicted molar refractivity (Wildman–Crippen MR) is 62.4 cm³/mol. The van der Waals surface area contributed by atoms with Gasteiger partial charge in [0.25, 0.3) is 0 Å². The number of carbonyl (C=O) groups is 1. The SMILES string of the molecule is CC(C[C@H](C)OC1CCCCO1)C1CC(=O)O1. The topological polar surface area (TPSA) is 44.8 Å². The summed E-state index contributed by atoms with van der Waals surface area (Å²) in [6.07, 6.45) is 5.03. The maximum atomic E-state index is 10.7. The van der Waals surface area contributed by atoms with E-state index < -0.39 is 0 Å². The number of ether oxygens (including phenoxy) is 3. The van der Waals surface area contributed by atoms with Gasteiger partial charge in [0.05, 0.1) is 12.5 Å². The standard InChI is InChI=1S/C13H22O4/c1-9(11-8-12(14)17-11)7-10(2)16-13-5-3-4-6-15-13/h9-11,13H,3-8H2,1-2H3/t9?,10-,11?,13?/m0/s1. The second kappa shape index (κ2) is 5.83. The van der Waals surface area contributed by atoms with Crippen molar-refractivity contribution in [3.05, 3.63) is 0 Å². The second-order valence-electron chi connectivity index (χ2n) is 5.19. The summed E-state index contributed by atoms with van der Waals surface area (Å²) in [4.78, 5) is 10.7. The van der Waals surface area contributed by atoms with Gasteiger partial charge < -0.3 is 14.2 Å². The lowest BCUT2D eigenvalue weighted by atomic mass is 9.93. The average Bonchev–Trinajstić information content (AvgIpc) is 2.26. The summed E-state index contributed by atoms with van der Waals surface area (Å²) < 4.78 is 16.5. The van der Waals surface area contributed by atoms with Crippen molar-refractivity contribution in [2.75, 3.05) is 6.61 Å². The van der Waals surface area contributed by atoms with Gasteiger partial charge in [0.15, 0.2) is 6.29 Å². The van der Waals surface area contributed by atoms with Crippen LogP contribution in [0, 0.1) is 5.92 Å². The van der Waals surface area contributed by atoms with Crippen LogP contribution < -0.4 is 0 Å². The van der Waals surface area contributed by atoms with Crippen LogP contribution in [-0.2, 0) is 19.0 Å². The van der Waals surface area contributed by atoms with E-state index in [4.69, 9.17) is 14.2 Å². The van der Waals surface area contributed by atoms with Crippen molar-refractivity contribution in [2.45, 2.75) is 64.4 Å². The lowest BCUT2D eigenvalue weighted by molar-refractivity contribution is -0.194. The number of hydrogen-bond donors (Lipinski definition) is 0. The summed E-state index contributed by atoms with van der Waals surface area (Å²) in [6.45, 7) is 4.99. The molecule has 0 bridgehead atoms. The van der Waals surface area contributed by atoms with Crippen LogP contribution in [0.5, 0.6) is 0 Å². The van der Waals surface area contributed by atoms with Crippen LogP contribution in [0.25, 0.3) is 0 Å². The summed E-state index contributed by atoms with van der Waals surface area (Å²) in [5.41, 5.74) is 0. The third-order valence-corrected chi connectivity index (χ3v) is 3.51. The van der Waals surface area contributed by atoms with Gasteiger partial charge in [0, 0.05) is 6.61 Å². The third-order valence-electron chi connectivity index (χ3n) is 3.51. The van der Waals surface area contributed by atoms with Gasteiger partial charge in [-0.1, -0.05) is 6.92 Å². The fourth-order valence-electron chi connectivity index (χ4n) is 2.45. The molecule has 2 rings (SSSR count). The molecule has 0 saturated carbocycles. The molecule has 0 aliphatic carbocycles. The first-order valence-corrected chi connectivity index (χ1v) is 6.61. The van der Waals surface area contributed by atoms with Gasteiger partial charge in [-0.3, -0.25) is 4.79 Å². The molecule has 0 aromatic carbocycles. The van der Waals surface area contributed by atoms with Crippen molar-refractivity contribution in [3.63, 3.8) is 0 Å². The maximum Gasteiger partial charge on any atom is 0.309 e. The Morgan fingerprint density at radius 1 is 1.41 bits per heavy atom. The Morgan fingerprint density at radius 3 is 2.76 bits per heavy atom. The molecule has 2 saturated heterocycles. The summed E-state index contributed by atoms with van der Waals surface area (Å²) >= 11 is 0.